The van der Waals surface area contributed by atoms with Gasteiger partial charge in [0, 0.05) is 11.8 Å². The standard InChI is InChI=1S/C5H11NO3S2/c7-11(8,9)10-4-5-2-1-3-6-5/h5-6H,1-4H2,(H,7,8,9)/t5-/m0/s1. The van der Waals surface area contributed by atoms with Crippen molar-refractivity contribution >= 4 is 19.9 Å². The number of hydrogen-bond acceptors (Lipinski definition) is 4. The van der Waals surface area contributed by atoms with Crippen molar-refractivity contribution in [1.82, 2.24) is 5.32 Å². The van der Waals surface area contributed by atoms with Gasteiger partial charge in [-0.05, 0) is 30.2 Å². The predicted octanol–water partition coefficient (Wildman–Crippen LogP) is 0.274. The first-order valence-corrected chi connectivity index (χ1v) is 6.37. The first kappa shape index (κ1) is 9.31. The highest BCUT2D eigenvalue weighted by atomic mass is 33.1. The van der Waals surface area contributed by atoms with Gasteiger partial charge in [-0.15, -0.1) is 0 Å². The van der Waals surface area contributed by atoms with Crippen LogP contribution in [0, 0.1) is 0 Å². The van der Waals surface area contributed by atoms with E-state index in [0.29, 0.717) is 16.5 Å². The van der Waals surface area contributed by atoms with Crippen molar-refractivity contribution in [2.75, 3.05) is 12.3 Å². The van der Waals surface area contributed by atoms with E-state index in [-0.39, 0.29) is 6.04 Å². The third kappa shape index (κ3) is 3.95. The Morgan fingerprint density at radius 3 is 2.82 bits per heavy atom. The molecule has 1 heterocycles. The molecule has 0 radical (unpaired) electrons. The molecule has 0 spiro atoms. The summed E-state index contributed by atoms with van der Waals surface area (Å²) in [6.07, 6.45) is 2.10. The molecule has 0 unspecified atom stereocenters. The molecule has 2 N–H and O–H groups in total. The fourth-order valence-corrected chi connectivity index (χ4v) is 2.70. The van der Waals surface area contributed by atoms with Gasteiger partial charge in [0.1, 0.15) is 0 Å². The van der Waals surface area contributed by atoms with Crippen LogP contribution in [0.15, 0.2) is 0 Å². The molecule has 1 aliphatic heterocycles. The molecule has 0 aromatic rings. The molecule has 4 nitrogen and oxygen atoms in total. The quantitative estimate of drug-likeness (QED) is 0.502. The molecule has 0 aromatic carbocycles. The lowest BCUT2D eigenvalue weighted by atomic mass is 10.3. The fraction of sp³-hybridized carbons (Fsp3) is 1.00. The number of nitrogens with one attached hydrogen (secondary N) is 1. The van der Waals surface area contributed by atoms with Crippen LogP contribution in [0.1, 0.15) is 12.8 Å². The topological polar surface area (TPSA) is 66.4 Å². The maximum absolute atomic E-state index is 10.3. The van der Waals surface area contributed by atoms with Gasteiger partial charge in [0.2, 0.25) is 0 Å². The summed E-state index contributed by atoms with van der Waals surface area (Å²) >= 11 is 0. The molecule has 0 aliphatic carbocycles. The highest BCUT2D eigenvalue weighted by Crippen LogP contribution is 2.15. The van der Waals surface area contributed by atoms with Crippen LogP contribution in [0.2, 0.25) is 0 Å². The summed E-state index contributed by atoms with van der Waals surface area (Å²) in [6, 6.07) is 0.252. The van der Waals surface area contributed by atoms with E-state index in [0.717, 1.165) is 19.4 Å². The lowest BCUT2D eigenvalue weighted by molar-refractivity contribution is 0.502. The third-order valence-corrected chi connectivity index (χ3v) is 3.72. The molecule has 11 heavy (non-hydrogen) atoms. The Hall–Kier alpha value is 0.220. The average Bonchev–Trinajstić information content (AvgIpc) is 2.32. The summed E-state index contributed by atoms with van der Waals surface area (Å²) in [5.74, 6) is 0.443. The molecule has 0 aromatic heterocycles. The van der Waals surface area contributed by atoms with Gasteiger partial charge in [-0.1, -0.05) is 0 Å². The summed E-state index contributed by atoms with van der Waals surface area (Å²) in [5.41, 5.74) is 0. The zero-order valence-corrected chi connectivity index (χ0v) is 7.62. The van der Waals surface area contributed by atoms with Gasteiger partial charge in [-0.25, -0.2) is 0 Å². The van der Waals surface area contributed by atoms with Crippen molar-refractivity contribution in [3.05, 3.63) is 0 Å². The number of rotatable bonds is 3. The summed E-state index contributed by atoms with van der Waals surface area (Å²) in [6.45, 7) is 0.955. The first-order valence-electron chi connectivity index (χ1n) is 3.43. The van der Waals surface area contributed by atoms with Crippen LogP contribution in [-0.4, -0.2) is 31.3 Å². The van der Waals surface area contributed by atoms with Gasteiger partial charge in [0.15, 0.2) is 0 Å². The minimum Gasteiger partial charge on any atom is -0.313 e. The second kappa shape index (κ2) is 3.75. The molecule has 0 amide bonds. The van der Waals surface area contributed by atoms with Crippen LogP contribution in [-0.2, 0) is 9.15 Å². The van der Waals surface area contributed by atoms with Gasteiger partial charge < -0.3 is 5.32 Å². The maximum Gasteiger partial charge on any atom is 0.319 e. The monoisotopic (exact) mass is 197 g/mol. The second-order valence-electron chi connectivity index (χ2n) is 2.51. The lowest BCUT2D eigenvalue weighted by Gasteiger charge is -2.06. The Kier molecular flexibility index (Phi) is 3.17. The average molecular weight is 197 g/mol. The molecule has 6 heteroatoms. The maximum atomic E-state index is 10.3. The van der Waals surface area contributed by atoms with E-state index in [2.05, 4.69) is 5.32 Å². The van der Waals surface area contributed by atoms with Crippen molar-refractivity contribution in [3.63, 3.8) is 0 Å². The van der Waals surface area contributed by atoms with Crippen LogP contribution < -0.4 is 5.32 Å². The summed E-state index contributed by atoms with van der Waals surface area (Å²) in [4.78, 5) is 0. The zero-order valence-electron chi connectivity index (χ0n) is 5.99. The van der Waals surface area contributed by atoms with Gasteiger partial charge in [0.05, 0.1) is 0 Å². The Labute approximate surface area is 69.9 Å². The molecular weight excluding hydrogens is 186 g/mol. The second-order valence-corrected chi connectivity index (χ2v) is 5.90. The molecule has 0 bridgehead atoms. The highest BCUT2D eigenvalue weighted by Gasteiger charge is 2.16. The molecule has 1 saturated heterocycles. The summed E-state index contributed by atoms with van der Waals surface area (Å²) < 4.78 is 28.9. The molecular formula is C5H11NO3S2. The first-order chi connectivity index (χ1) is 5.08. The van der Waals surface area contributed by atoms with Crippen molar-refractivity contribution in [2.45, 2.75) is 18.9 Å². The van der Waals surface area contributed by atoms with Gasteiger partial charge in [-0.2, -0.15) is 8.42 Å². The Bertz CT molecular complexity index is 208. The van der Waals surface area contributed by atoms with E-state index in [1.54, 1.807) is 0 Å². The highest BCUT2D eigenvalue weighted by molar-refractivity contribution is 8.69. The van der Waals surface area contributed by atoms with Crippen LogP contribution in [0.25, 0.3) is 0 Å². The zero-order chi connectivity index (χ0) is 8.32. The minimum absolute atomic E-state index is 0.252. The van der Waals surface area contributed by atoms with Gasteiger partial charge in [0.25, 0.3) is 0 Å². The minimum atomic E-state index is -3.83. The summed E-state index contributed by atoms with van der Waals surface area (Å²) in [5, 5.41) is 3.13. The Balaban J connectivity index is 2.22. The van der Waals surface area contributed by atoms with E-state index >= 15 is 0 Å². The number of hydrogen-bond donors (Lipinski definition) is 2. The van der Waals surface area contributed by atoms with E-state index in [1.807, 2.05) is 0 Å². The molecule has 1 atom stereocenters. The molecule has 66 valence electrons. The molecule has 1 rings (SSSR count). The largest absolute Gasteiger partial charge is 0.319 e. The smallest absolute Gasteiger partial charge is 0.313 e. The Morgan fingerprint density at radius 2 is 2.36 bits per heavy atom. The third-order valence-electron chi connectivity index (χ3n) is 1.58. The molecule has 1 aliphatic rings. The van der Waals surface area contributed by atoms with Gasteiger partial charge >= 0.3 is 9.15 Å². The molecule has 1 fully saturated rings. The summed E-state index contributed by atoms with van der Waals surface area (Å²) in [7, 11) is -3.24. The lowest BCUT2D eigenvalue weighted by Crippen LogP contribution is -2.24. The van der Waals surface area contributed by atoms with E-state index in [1.165, 1.54) is 0 Å². The van der Waals surface area contributed by atoms with E-state index in [9.17, 15) is 8.42 Å². The van der Waals surface area contributed by atoms with Crippen LogP contribution >= 0.6 is 10.8 Å². The van der Waals surface area contributed by atoms with Gasteiger partial charge in [-0.3, -0.25) is 4.55 Å². The van der Waals surface area contributed by atoms with Crippen LogP contribution in [0.4, 0.5) is 0 Å². The molecule has 0 saturated carbocycles. The fourth-order valence-electron chi connectivity index (χ4n) is 1.07. The predicted molar refractivity (Wildman–Crippen MR) is 45.0 cm³/mol. The van der Waals surface area contributed by atoms with Crippen LogP contribution in [0.5, 0.6) is 0 Å². The Morgan fingerprint density at radius 1 is 1.64 bits per heavy atom. The van der Waals surface area contributed by atoms with Crippen molar-refractivity contribution in [3.8, 4) is 0 Å². The van der Waals surface area contributed by atoms with Crippen molar-refractivity contribution < 1.29 is 13.0 Å². The normalized spacial score (nSPS) is 25.7. The van der Waals surface area contributed by atoms with Crippen molar-refractivity contribution in [1.29, 1.82) is 0 Å². The van der Waals surface area contributed by atoms with Crippen LogP contribution in [0.3, 0.4) is 0 Å². The van der Waals surface area contributed by atoms with E-state index in [4.69, 9.17) is 4.55 Å². The van der Waals surface area contributed by atoms with Crippen molar-refractivity contribution in [2.24, 2.45) is 0 Å². The van der Waals surface area contributed by atoms with E-state index < -0.39 is 9.15 Å². The SMILES string of the molecule is O=S(=O)(O)SC[C@@H]1CCCN1.